The summed E-state index contributed by atoms with van der Waals surface area (Å²) in [5, 5.41) is 14.9. The van der Waals surface area contributed by atoms with Gasteiger partial charge in [0, 0.05) is 10.6 Å². The van der Waals surface area contributed by atoms with Crippen LogP contribution in [0.5, 0.6) is 0 Å². The van der Waals surface area contributed by atoms with E-state index < -0.39 is 23.8 Å². The maximum Gasteiger partial charge on any atom is 0.326 e. The van der Waals surface area contributed by atoms with E-state index >= 15 is 0 Å². The first-order valence-electron chi connectivity index (χ1n) is 9.19. The van der Waals surface area contributed by atoms with Gasteiger partial charge in [0.25, 0.3) is 11.8 Å². The molecule has 0 spiro atoms. The summed E-state index contributed by atoms with van der Waals surface area (Å²) in [6, 6.07) is 12.5. The lowest BCUT2D eigenvalue weighted by Crippen LogP contribution is -2.44. The number of benzene rings is 2. The van der Waals surface area contributed by atoms with Crippen molar-refractivity contribution in [1.82, 2.24) is 10.6 Å². The van der Waals surface area contributed by atoms with Crippen molar-refractivity contribution in [2.24, 2.45) is 0 Å². The largest absolute Gasteiger partial charge is 0.480 e. The van der Waals surface area contributed by atoms with E-state index in [0.29, 0.717) is 22.6 Å². The van der Waals surface area contributed by atoms with Crippen molar-refractivity contribution < 1.29 is 19.5 Å². The van der Waals surface area contributed by atoms with Crippen LogP contribution in [0, 0.1) is 6.92 Å². The van der Waals surface area contributed by atoms with Crippen molar-refractivity contribution in [3.05, 3.63) is 75.9 Å². The summed E-state index contributed by atoms with van der Waals surface area (Å²) in [6.45, 7) is 3.73. The number of carboxylic acid groups (broad SMARTS) is 1. The molecule has 0 heterocycles. The average Bonchev–Trinajstić information content (AvgIpc) is 2.69. The predicted molar refractivity (Wildman–Crippen MR) is 113 cm³/mol. The maximum absolute atomic E-state index is 12.7. The fraction of sp³-hybridized carbons (Fsp3) is 0.227. The van der Waals surface area contributed by atoms with Gasteiger partial charge in [0.1, 0.15) is 11.7 Å². The third-order valence-electron chi connectivity index (χ3n) is 4.17. The molecule has 1 unspecified atom stereocenters. The molecule has 0 radical (unpaired) electrons. The number of carboxylic acids is 1. The van der Waals surface area contributed by atoms with Crippen LogP contribution in [0.1, 0.15) is 41.3 Å². The van der Waals surface area contributed by atoms with Crippen LogP contribution in [0.15, 0.2) is 54.2 Å². The number of hydrogen-bond donors (Lipinski definition) is 3. The molecule has 0 aliphatic rings. The molecule has 2 amide bonds. The van der Waals surface area contributed by atoms with Gasteiger partial charge in [0.15, 0.2) is 0 Å². The summed E-state index contributed by atoms with van der Waals surface area (Å²) in [4.78, 5) is 36.7. The van der Waals surface area contributed by atoms with Crippen LogP contribution in [0.4, 0.5) is 0 Å². The van der Waals surface area contributed by atoms with Crippen molar-refractivity contribution in [2.75, 3.05) is 0 Å². The van der Waals surface area contributed by atoms with Gasteiger partial charge in [-0.3, -0.25) is 9.59 Å². The van der Waals surface area contributed by atoms with Crippen LogP contribution in [0.2, 0.25) is 5.02 Å². The lowest BCUT2D eigenvalue weighted by molar-refractivity contribution is -0.141. The van der Waals surface area contributed by atoms with E-state index in [1.54, 1.807) is 48.5 Å². The molecule has 29 heavy (non-hydrogen) atoms. The second-order valence-electron chi connectivity index (χ2n) is 6.58. The highest BCUT2D eigenvalue weighted by molar-refractivity contribution is 6.30. The van der Waals surface area contributed by atoms with Gasteiger partial charge < -0.3 is 15.7 Å². The SMILES string of the molecule is CCCC(NC(=O)C(=Cc1ccc(Cl)cc1)NC(=O)c1ccc(C)cc1)C(=O)O. The molecule has 3 N–H and O–H groups in total. The Morgan fingerprint density at radius 1 is 1.07 bits per heavy atom. The standard InChI is InChI=1S/C22H23ClN2O4/c1-3-4-18(22(28)29)24-21(27)19(13-15-7-11-17(23)12-8-15)25-20(26)16-9-5-14(2)6-10-16/h5-13,18H,3-4H2,1-2H3,(H,24,27)(H,25,26)(H,28,29). The lowest BCUT2D eigenvalue weighted by Gasteiger charge is -2.16. The molecule has 2 aromatic carbocycles. The van der Waals surface area contributed by atoms with Gasteiger partial charge in [-0.1, -0.05) is 54.8 Å². The molecule has 7 heteroatoms. The summed E-state index contributed by atoms with van der Waals surface area (Å²) >= 11 is 5.89. The lowest BCUT2D eigenvalue weighted by atomic mass is 10.1. The van der Waals surface area contributed by atoms with Gasteiger partial charge in [0.2, 0.25) is 0 Å². The monoisotopic (exact) mass is 414 g/mol. The fourth-order valence-corrected chi connectivity index (χ4v) is 2.69. The summed E-state index contributed by atoms with van der Waals surface area (Å²) in [5.74, 6) is -2.28. The Morgan fingerprint density at radius 3 is 2.24 bits per heavy atom. The second kappa shape index (κ2) is 10.4. The van der Waals surface area contributed by atoms with Crippen molar-refractivity contribution >= 4 is 35.5 Å². The molecular weight excluding hydrogens is 392 g/mol. The molecule has 0 saturated carbocycles. The Kier molecular flexibility index (Phi) is 7.98. The molecule has 152 valence electrons. The smallest absolute Gasteiger partial charge is 0.326 e. The number of carbonyl (C=O) groups is 3. The number of carbonyl (C=O) groups excluding carboxylic acids is 2. The molecule has 0 aromatic heterocycles. The number of hydrogen-bond acceptors (Lipinski definition) is 3. The molecule has 0 aliphatic heterocycles. The highest BCUT2D eigenvalue weighted by Gasteiger charge is 2.22. The molecule has 1 atom stereocenters. The normalized spacial score (nSPS) is 12.2. The maximum atomic E-state index is 12.7. The van der Waals surface area contributed by atoms with Gasteiger partial charge in [-0.25, -0.2) is 4.79 Å². The molecule has 0 aliphatic carbocycles. The zero-order chi connectivity index (χ0) is 21.4. The van der Waals surface area contributed by atoms with Gasteiger partial charge in [0.05, 0.1) is 0 Å². The van der Waals surface area contributed by atoms with Gasteiger partial charge in [-0.15, -0.1) is 0 Å². The van der Waals surface area contributed by atoms with E-state index in [0.717, 1.165) is 5.56 Å². The summed E-state index contributed by atoms with van der Waals surface area (Å²) in [5.41, 5.74) is 1.96. The Morgan fingerprint density at radius 2 is 1.69 bits per heavy atom. The van der Waals surface area contributed by atoms with Crippen LogP contribution in [0.25, 0.3) is 6.08 Å². The number of amides is 2. The molecule has 0 bridgehead atoms. The second-order valence-corrected chi connectivity index (χ2v) is 7.02. The number of aryl methyl sites for hydroxylation is 1. The van der Waals surface area contributed by atoms with E-state index in [9.17, 15) is 19.5 Å². The van der Waals surface area contributed by atoms with Crippen LogP contribution in [0.3, 0.4) is 0 Å². The summed E-state index contributed by atoms with van der Waals surface area (Å²) in [6.07, 6.45) is 2.34. The first kappa shape index (κ1) is 22.2. The Labute approximate surface area is 174 Å². The highest BCUT2D eigenvalue weighted by atomic mass is 35.5. The number of aliphatic carboxylic acids is 1. The minimum atomic E-state index is -1.13. The van der Waals surface area contributed by atoms with Crippen molar-refractivity contribution in [1.29, 1.82) is 0 Å². The van der Waals surface area contributed by atoms with E-state index in [4.69, 9.17) is 11.6 Å². The number of nitrogens with one attached hydrogen (secondary N) is 2. The Hall–Kier alpha value is -3.12. The topological polar surface area (TPSA) is 95.5 Å². The summed E-state index contributed by atoms with van der Waals surface area (Å²) in [7, 11) is 0. The van der Waals surface area contributed by atoms with E-state index in [-0.39, 0.29) is 12.1 Å². The fourth-order valence-electron chi connectivity index (χ4n) is 2.57. The van der Waals surface area contributed by atoms with E-state index in [1.165, 1.54) is 6.08 Å². The first-order valence-corrected chi connectivity index (χ1v) is 9.57. The van der Waals surface area contributed by atoms with Crippen LogP contribution >= 0.6 is 11.6 Å². The van der Waals surface area contributed by atoms with Crippen LogP contribution in [-0.4, -0.2) is 28.9 Å². The van der Waals surface area contributed by atoms with Gasteiger partial charge in [-0.2, -0.15) is 0 Å². The van der Waals surface area contributed by atoms with E-state index in [2.05, 4.69) is 10.6 Å². The Balaban J connectivity index is 2.30. The van der Waals surface area contributed by atoms with Crippen LogP contribution in [-0.2, 0) is 9.59 Å². The van der Waals surface area contributed by atoms with Crippen LogP contribution < -0.4 is 10.6 Å². The molecular formula is C22H23ClN2O4. The number of halogens is 1. The van der Waals surface area contributed by atoms with Gasteiger partial charge in [-0.05, 0) is 49.2 Å². The first-order chi connectivity index (χ1) is 13.8. The quantitative estimate of drug-likeness (QED) is 0.572. The van der Waals surface area contributed by atoms with Crippen molar-refractivity contribution in [3.63, 3.8) is 0 Å². The molecule has 2 aromatic rings. The highest BCUT2D eigenvalue weighted by Crippen LogP contribution is 2.13. The molecule has 0 fully saturated rings. The number of rotatable bonds is 8. The summed E-state index contributed by atoms with van der Waals surface area (Å²) < 4.78 is 0. The predicted octanol–water partition coefficient (Wildman–Crippen LogP) is 3.79. The minimum absolute atomic E-state index is 0.0553. The van der Waals surface area contributed by atoms with E-state index in [1.807, 2.05) is 13.8 Å². The molecule has 6 nitrogen and oxygen atoms in total. The molecule has 2 rings (SSSR count). The van der Waals surface area contributed by atoms with Crippen molar-refractivity contribution in [3.8, 4) is 0 Å². The van der Waals surface area contributed by atoms with Gasteiger partial charge >= 0.3 is 5.97 Å². The third-order valence-corrected chi connectivity index (χ3v) is 4.42. The van der Waals surface area contributed by atoms with Crippen molar-refractivity contribution in [2.45, 2.75) is 32.7 Å². The minimum Gasteiger partial charge on any atom is -0.480 e. The zero-order valence-corrected chi connectivity index (χ0v) is 17.0. The molecule has 0 saturated heterocycles. The Bertz CT molecular complexity index is 905. The zero-order valence-electron chi connectivity index (χ0n) is 16.2. The average molecular weight is 415 g/mol. The third kappa shape index (κ3) is 6.76.